The van der Waals surface area contributed by atoms with E-state index in [4.69, 9.17) is 0 Å². The van der Waals surface area contributed by atoms with Gasteiger partial charge in [0.05, 0.1) is 5.69 Å². The highest BCUT2D eigenvalue weighted by Crippen LogP contribution is 2.31. The van der Waals surface area contributed by atoms with Crippen LogP contribution in [0.3, 0.4) is 0 Å². The van der Waals surface area contributed by atoms with Crippen molar-refractivity contribution in [3.63, 3.8) is 0 Å². The van der Waals surface area contributed by atoms with Crippen LogP contribution in [0.1, 0.15) is 34.6 Å². The summed E-state index contributed by atoms with van der Waals surface area (Å²) in [5, 5.41) is 15.4. The molecule has 0 bridgehead atoms. The highest BCUT2D eigenvalue weighted by Gasteiger charge is 2.12. The first-order valence-corrected chi connectivity index (χ1v) is 6.46. The third-order valence-electron chi connectivity index (χ3n) is 2.37. The van der Waals surface area contributed by atoms with Gasteiger partial charge in [-0.3, -0.25) is 0 Å². The molecule has 2 heteroatoms. The molecule has 0 heterocycles. The average Bonchev–Trinajstić information content (AvgIpc) is 2.31. The summed E-state index contributed by atoms with van der Waals surface area (Å²) in [6, 6.07) is 11.8. The number of benzene rings is 2. The summed E-state index contributed by atoms with van der Waals surface area (Å²) in [6.45, 7) is 10.2. The van der Waals surface area contributed by atoms with E-state index < -0.39 is 0 Å². The number of aromatic hydroxyl groups is 1. The molecule has 2 rings (SSSR count). The normalized spacial score (nSPS) is 10.7. The Labute approximate surface area is 110 Å². The number of anilines is 1. The first kappa shape index (κ1) is 14.4. The van der Waals surface area contributed by atoms with Crippen LogP contribution < -0.4 is 5.32 Å². The Morgan fingerprint density at radius 2 is 1.44 bits per heavy atom. The van der Waals surface area contributed by atoms with Crippen LogP contribution >= 0.6 is 0 Å². The maximum absolute atomic E-state index is 9.91. The lowest BCUT2D eigenvalue weighted by Gasteiger charge is -2.23. The van der Waals surface area contributed by atoms with Crippen molar-refractivity contribution in [2.75, 3.05) is 5.32 Å². The van der Waals surface area contributed by atoms with E-state index >= 15 is 0 Å². The van der Waals surface area contributed by atoms with Gasteiger partial charge in [-0.25, -0.2) is 0 Å². The van der Waals surface area contributed by atoms with E-state index in [1.54, 1.807) is 6.07 Å². The second-order valence-electron chi connectivity index (χ2n) is 5.09. The lowest BCUT2D eigenvalue weighted by Crippen LogP contribution is -2.26. The fraction of sp³-hybridized carbons (Fsp3) is 0.375. The molecule has 2 N–H and O–H groups in total. The molecular formula is C16H23NO. The Bertz CT molecular complexity index is 512. The van der Waals surface area contributed by atoms with Crippen LogP contribution in [0, 0.1) is 0 Å². The van der Waals surface area contributed by atoms with E-state index in [0.29, 0.717) is 5.75 Å². The maximum atomic E-state index is 9.91. The van der Waals surface area contributed by atoms with Crippen molar-refractivity contribution in [2.24, 2.45) is 0 Å². The SMILES string of the molecule is CC.CC(C)(C)Nc1cc2ccccc2cc1O. The van der Waals surface area contributed by atoms with Crippen LogP contribution in [0.2, 0.25) is 0 Å². The lowest BCUT2D eigenvalue weighted by molar-refractivity contribution is 0.475. The van der Waals surface area contributed by atoms with Gasteiger partial charge < -0.3 is 10.4 Å². The van der Waals surface area contributed by atoms with E-state index in [1.165, 1.54) is 0 Å². The summed E-state index contributed by atoms with van der Waals surface area (Å²) in [5.74, 6) is 0.300. The molecular weight excluding hydrogens is 222 g/mol. The van der Waals surface area contributed by atoms with Gasteiger partial charge in [0.1, 0.15) is 5.75 Å². The highest BCUT2D eigenvalue weighted by molar-refractivity contribution is 5.88. The predicted molar refractivity (Wildman–Crippen MR) is 80.3 cm³/mol. The molecule has 0 saturated carbocycles. The predicted octanol–water partition coefficient (Wildman–Crippen LogP) is 4.78. The molecule has 2 nitrogen and oxygen atoms in total. The second-order valence-corrected chi connectivity index (χ2v) is 5.09. The summed E-state index contributed by atoms with van der Waals surface area (Å²) >= 11 is 0. The van der Waals surface area contributed by atoms with Crippen LogP contribution in [0.15, 0.2) is 36.4 Å². The van der Waals surface area contributed by atoms with Crippen molar-refractivity contribution in [3.8, 4) is 5.75 Å². The fourth-order valence-electron chi connectivity index (χ4n) is 1.73. The van der Waals surface area contributed by atoms with Crippen LogP contribution in [0.5, 0.6) is 5.75 Å². The number of fused-ring (bicyclic) bond motifs is 1. The van der Waals surface area contributed by atoms with Gasteiger partial charge >= 0.3 is 0 Å². The molecule has 0 atom stereocenters. The largest absolute Gasteiger partial charge is 0.506 e. The molecule has 0 spiro atoms. The molecule has 98 valence electrons. The number of nitrogens with one attached hydrogen (secondary N) is 1. The van der Waals surface area contributed by atoms with Crippen molar-refractivity contribution in [2.45, 2.75) is 40.2 Å². The van der Waals surface area contributed by atoms with Gasteiger partial charge in [0.15, 0.2) is 0 Å². The van der Waals surface area contributed by atoms with E-state index in [1.807, 2.05) is 44.2 Å². The van der Waals surface area contributed by atoms with Crippen LogP contribution in [-0.2, 0) is 0 Å². The van der Waals surface area contributed by atoms with Gasteiger partial charge in [-0.15, -0.1) is 0 Å². The Kier molecular flexibility index (Phi) is 4.60. The van der Waals surface area contributed by atoms with Gasteiger partial charge in [0.2, 0.25) is 0 Å². The molecule has 2 aromatic rings. The van der Waals surface area contributed by atoms with E-state index in [2.05, 4.69) is 26.1 Å². The van der Waals surface area contributed by atoms with Gasteiger partial charge in [-0.05, 0) is 43.7 Å². The van der Waals surface area contributed by atoms with Crippen LogP contribution in [0.4, 0.5) is 5.69 Å². The van der Waals surface area contributed by atoms with Gasteiger partial charge in [0.25, 0.3) is 0 Å². The van der Waals surface area contributed by atoms with Crippen molar-refractivity contribution < 1.29 is 5.11 Å². The third-order valence-corrected chi connectivity index (χ3v) is 2.37. The molecule has 0 unspecified atom stereocenters. The Morgan fingerprint density at radius 3 is 1.94 bits per heavy atom. The monoisotopic (exact) mass is 245 g/mol. The quantitative estimate of drug-likeness (QED) is 0.708. The fourth-order valence-corrected chi connectivity index (χ4v) is 1.73. The first-order chi connectivity index (χ1) is 8.46. The molecule has 0 aliphatic heterocycles. The van der Waals surface area contributed by atoms with Gasteiger partial charge in [-0.2, -0.15) is 0 Å². The van der Waals surface area contributed by atoms with E-state index in [-0.39, 0.29) is 5.54 Å². The zero-order valence-electron chi connectivity index (χ0n) is 11.9. The Balaban J connectivity index is 0.000000771. The molecule has 2 aromatic carbocycles. The smallest absolute Gasteiger partial charge is 0.139 e. The number of phenols is 1. The maximum Gasteiger partial charge on any atom is 0.139 e. The topological polar surface area (TPSA) is 32.3 Å². The second kappa shape index (κ2) is 5.76. The van der Waals surface area contributed by atoms with Crippen LogP contribution in [0.25, 0.3) is 10.8 Å². The van der Waals surface area contributed by atoms with Crippen molar-refractivity contribution in [3.05, 3.63) is 36.4 Å². The van der Waals surface area contributed by atoms with Crippen molar-refractivity contribution in [1.29, 1.82) is 0 Å². The summed E-state index contributed by atoms with van der Waals surface area (Å²) in [6.07, 6.45) is 0. The Hall–Kier alpha value is -1.70. The summed E-state index contributed by atoms with van der Waals surface area (Å²) in [5.41, 5.74) is 0.728. The summed E-state index contributed by atoms with van der Waals surface area (Å²) in [4.78, 5) is 0. The van der Waals surface area contributed by atoms with Gasteiger partial charge in [0, 0.05) is 5.54 Å². The molecule has 0 fully saturated rings. The average molecular weight is 245 g/mol. The first-order valence-electron chi connectivity index (χ1n) is 6.46. The van der Waals surface area contributed by atoms with Crippen molar-refractivity contribution >= 4 is 16.5 Å². The minimum absolute atomic E-state index is 0.0556. The van der Waals surface area contributed by atoms with Crippen molar-refractivity contribution in [1.82, 2.24) is 0 Å². The Morgan fingerprint density at radius 1 is 0.944 bits per heavy atom. The zero-order valence-corrected chi connectivity index (χ0v) is 11.9. The molecule has 18 heavy (non-hydrogen) atoms. The summed E-state index contributed by atoms with van der Waals surface area (Å²) in [7, 11) is 0. The number of phenolic OH excluding ortho intramolecular Hbond substituents is 1. The van der Waals surface area contributed by atoms with E-state index in [9.17, 15) is 5.11 Å². The highest BCUT2D eigenvalue weighted by atomic mass is 16.3. The number of rotatable bonds is 1. The van der Waals surface area contributed by atoms with E-state index in [0.717, 1.165) is 16.5 Å². The standard InChI is InChI=1S/C14H17NO.C2H6/c1-14(2,3)15-12-8-10-6-4-5-7-11(10)9-13(12)16;1-2/h4-9,15-16H,1-3H3;1-2H3. The molecule has 0 saturated heterocycles. The zero-order chi connectivity index (χ0) is 13.8. The minimum Gasteiger partial charge on any atom is -0.506 e. The summed E-state index contributed by atoms with van der Waals surface area (Å²) < 4.78 is 0. The van der Waals surface area contributed by atoms with Gasteiger partial charge in [-0.1, -0.05) is 38.1 Å². The molecule has 0 aliphatic rings. The number of hydrogen-bond donors (Lipinski definition) is 2. The molecule has 0 aromatic heterocycles. The third kappa shape index (κ3) is 3.66. The molecule has 0 radical (unpaired) electrons. The van der Waals surface area contributed by atoms with Crippen LogP contribution in [-0.4, -0.2) is 10.6 Å². The number of hydrogen-bond acceptors (Lipinski definition) is 2. The molecule has 0 aliphatic carbocycles. The molecule has 0 amide bonds. The minimum atomic E-state index is -0.0556. The lowest BCUT2D eigenvalue weighted by atomic mass is 10.1.